The minimum atomic E-state index is 0.460. The van der Waals surface area contributed by atoms with Gasteiger partial charge in [-0.2, -0.15) is 0 Å². The maximum Gasteiger partial charge on any atom is 0.124 e. The van der Waals surface area contributed by atoms with E-state index in [2.05, 4.69) is 15.6 Å². The van der Waals surface area contributed by atoms with Crippen LogP contribution in [0.1, 0.15) is 44.3 Å². The van der Waals surface area contributed by atoms with E-state index in [1.807, 2.05) is 12.1 Å². The van der Waals surface area contributed by atoms with Crippen LogP contribution in [0, 0.1) is 5.92 Å². The van der Waals surface area contributed by atoms with Crippen LogP contribution in [-0.4, -0.2) is 16.7 Å². The molecular weight excluding hydrogens is 284 g/mol. The quantitative estimate of drug-likeness (QED) is 0.745. The molecule has 0 amide bonds. The Morgan fingerprint density at radius 1 is 1.29 bits per heavy atom. The third-order valence-corrected chi connectivity index (χ3v) is 4.88. The van der Waals surface area contributed by atoms with E-state index >= 15 is 0 Å². The van der Waals surface area contributed by atoms with E-state index in [9.17, 15) is 0 Å². The fraction of sp³-hybridized carbons (Fsp3) is 0.588. The van der Waals surface area contributed by atoms with Crippen LogP contribution in [0.4, 0.5) is 0 Å². The molecule has 1 saturated carbocycles. The molecule has 2 aromatic rings. The Labute approximate surface area is 131 Å². The van der Waals surface area contributed by atoms with Gasteiger partial charge in [0.05, 0.1) is 24.0 Å². The number of nitrogens with zero attached hydrogens (tertiary/aromatic N) is 2. The van der Waals surface area contributed by atoms with Crippen LogP contribution in [0.25, 0.3) is 11.0 Å². The lowest BCUT2D eigenvalue weighted by Crippen LogP contribution is -2.11. The maximum atomic E-state index is 6.08. The number of fused-ring (bicyclic) bond motifs is 1. The van der Waals surface area contributed by atoms with Gasteiger partial charge in [0.25, 0.3) is 0 Å². The van der Waals surface area contributed by atoms with Crippen LogP contribution in [0.15, 0.2) is 18.2 Å². The summed E-state index contributed by atoms with van der Waals surface area (Å²) in [6.45, 7) is 1.02. The summed E-state index contributed by atoms with van der Waals surface area (Å²) >= 11 is 6.08. The SMILES string of the molecule is COc1ccc2c(c1)nc(CCl)n2CCC1CCCCC1. The lowest BCUT2D eigenvalue weighted by Gasteiger charge is -2.22. The summed E-state index contributed by atoms with van der Waals surface area (Å²) in [4.78, 5) is 4.65. The Bertz CT molecular complexity index is 602. The molecule has 3 rings (SSSR count). The standard InChI is InChI=1S/C17H23ClN2O/c1-21-14-7-8-16-15(11-14)19-17(12-18)20(16)10-9-13-5-3-2-4-6-13/h7-8,11,13H,2-6,9-10,12H2,1H3. The number of alkyl halides is 1. The molecule has 0 unspecified atom stereocenters. The van der Waals surface area contributed by atoms with Crippen molar-refractivity contribution in [2.45, 2.75) is 50.9 Å². The molecule has 0 saturated heterocycles. The molecule has 3 nitrogen and oxygen atoms in total. The normalized spacial score (nSPS) is 16.5. The number of hydrogen-bond donors (Lipinski definition) is 0. The number of aryl methyl sites for hydroxylation is 1. The molecule has 0 bridgehead atoms. The fourth-order valence-electron chi connectivity index (χ4n) is 3.43. The summed E-state index contributed by atoms with van der Waals surface area (Å²) in [5.74, 6) is 3.15. The number of benzene rings is 1. The van der Waals surface area contributed by atoms with E-state index in [-0.39, 0.29) is 0 Å². The fourth-order valence-corrected chi connectivity index (χ4v) is 3.63. The number of hydrogen-bond acceptors (Lipinski definition) is 2. The summed E-state index contributed by atoms with van der Waals surface area (Å²) in [5, 5.41) is 0. The molecule has 1 aromatic carbocycles. The van der Waals surface area contributed by atoms with Gasteiger partial charge in [0.15, 0.2) is 0 Å². The Morgan fingerprint density at radius 2 is 2.10 bits per heavy atom. The molecule has 4 heteroatoms. The van der Waals surface area contributed by atoms with Crippen LogP contribution in [0.3, 0.4) is 0 Å². The third kappa shape index (κ3) is 3.18. The van der Waals surface area contributed by atoms with Crippen LogP contribution in [-0.2, 0) is 12.4 Å². The third-order valence-electron chi connectivity index (χ3n) is 4.64. The second-order valence-corrected chi connectivity index (χ2v) is 6.23. The smallest absolute Gasteiger partial charge is 0.124 e. The molecule has 1 aliphatic carbocycles. The second-order valence-electron chi connectivity index (χ2n) is 5.96. The zero-order valence-electron chi connectivity index (χ0n) is 12.6. The monoisotopic (exact) mass is 306 g/mol. The maximum absolute atomic E-state index is 6.08. The zero-order chi connectivity index (χ0) is 14.7. The van der Waals surface area contributed by atoms with Crippen molar-refractivity contribution in [3.63, 3.8) is 0 Å². The summed E-state index contributed by atoms with van der Waals surface area (Å²) in [6, 6.07) is 6.08. The molecule has 0 aliphatic heterocycles. The van der Waals surface area contributed by atoms with Gasteiger partial charge in [-0.15, -0.1) is 11.6 Å². The number of halogens is 1. The van der Waals surface area contributed by atoms with Crippen LogP contribution < -0.4 is 4.74 Å². The van der Waals surface area contributed by atoms with Gasteiger partial charge in [0.1, 0.15) is 11.6 Å². The van der Waals surface area contributed by atoms with Crippen molar-refractivity contribution in [1.82, 2.24) is 9.55 Å². The van der Waals surface area contributed by atoms with Crippen molar-refractivity contribution in [2.75, 3.05) is 7.11 Å². The van der Waals surface area contributed by atoms with E-state index in [4.69, 9.17) is 16.3 Å². The highest BCUT2D eigenvalue weighted by atomic mass is 35.5. The van der Waals surface area contributed by atoms with Gasteiger partial charge in [0, 0.05) is 12.6 Å². The Hall–Kier alpha value is -1.22. The number of methoxy groups -OCH3 is 1. The Kier molecular flexibility index (Phi) is 4.69. The van der Waals surface area contributed by atoms with E-state index in [0.29, 0.717) is 5.88 Å². The number of aromatic nitrogens is 2. The van der Waals surface area contributed by atoms with Gasteiger partial charge in [-0.25, -0.2) is 4.98 Å². The molecule has 114 valence electrons. The summed E-state index contributed by atoms with van der Waals surface area (Å²) in [5.41, 5.74) is 2.15. The first-order chi connectivity index (χ1) is 10.3. The lowest BCUT2D eigenvalue weighted by molar-refractivity contribution is 0.324. The first-order valence-electron chi connectivity index (χ1n) is 7.91. The molecule has 1 heterocycles. The average molecular weight is 307 g/mol. The predicted molar refractivity (Wildman–Crippen MR) is 87.0 cm³/mol. The van der Waals surface area contributed by atoms with Crippen molar-refractivity contribution < 1.29 is 4.74 Å². The van der Waals surface area contributed by atoms with Crippen molar-refractivity contribution in [3.8, 4) is 5.75 Å². The van der Waals surface area contributed by atoms with Crippen molar-refractivity contribution in [1.29, 1.82) is 0 Å². The molecule has 0 atom stereocenters. The Morgan fingerprint density at radius 3 is 2.81 bits per heavy atom. The molecule has 0 spiro atoms. The minimum Gasteiger partial charge on any atom is -0.497 e. The summed E-state index contributed by atoms with van der Waals surface area (Å²) < 4.78 is 7.57. The van der Waals surface area contributed by atoms with E-state index in [0.717, 1.165) is 29.6 Å². The highest BCUT2D eigenvalue weighted by molar-refractivity contribution is 6.16. The molecule has 0 N–H and O–H groups in total. The van der Waals surface area contributed by atoms with Crippen molar-refractivity contribution in [3.05, 3.63) is 24.0 Å². The molecule has 21 heavy (non-hydrogen) atoms. The van der Waals surface area contributed by atoms with Gasteiger partial charge < -0.3 is 9.30 Å². The molecular formula is C17H23ClN2O. The van der Waals surface area contributed by atoms with Gasteiger partial charge in [-0.3, -0.25) is 0 Å². The lowest BCUT2D eigenvalue weighted by atomic mass is 9.87. The molecule has 1 aromatic heterocycles. The molecule has 0 radical (unpaired) electrons. The second kappa shape index (κ2) is 6.69. The predicted octanol–water partition coefficient (Wildman–Crippen LogP) is 4.75. The number of ether oxygens (including phenoxy) is 1. The van der Waals surface area contributed by atoms with Gasteiger partial charge in [-0.05, 0) is 24.5 Å². The summed E-state index contributed by atoms with van der Waals surface area (Å²) in [7, 11) is 1.68. The van der Waals surface area contributed by atoms with Crippen LogP contribution >= 0.6 is 11.6 Å². The average Bonchev–Trinajstić information content (AvgIpc) is 2.90. The first-order valence-corrected chi connectivity index (χ1v) is 8.44. The minimum absolute atomic E-state index is 0.460. The van der Waals surface area contributed by atoms with Gasteiger partial charge in [0.2, 0.25) is 0 Å². The van der Waals surface area contributed by atoms with E-state index in [1.165, 1.54) is 44.0 Å². The number of imidazole rings is 1. The topological polar surface area (TPSA) is 27.1 Å². The zero-order valence-corrected chi connectivity index (χ0v) is 13.4. The van der Waals surface area contributed by atoms with E-state index in [1.54, 1.807) is 7.11 Å². The van der Waals surface area contributed by atoms with Crippen molar-refractivity contribution in [2.24, 2.45) is 5.92 Å². The van der Waals surface area contributed by atoms with E-state index < -0.39 is 0 Å². The van der Waals surface area contributed by atoms with Crippen molar-refractivity contribution >= 4 is 22.6 Å². The Balaban J connectivity index is 1.82. The largest absolute Gasteiger partial charge is 0.497 e. The highest BCUT2D eigenvalue weighted by Crippen LogP contribution is 2.28. The van der Waals surface area contributed by atoms with Gasteiger partial charge in [-0.1, -0.05) is 32.1 Å². The first kappa shape index (κ1) is 14.7. The number of rotatable bonds is 5. The van der Waals surface area contributed by atoms with Crippen LogP contribution in [0.2, 0.25) is 0 Å². The van der Waals surface area contributed by atoms with Crippen LogP contribution in [0.5, 0.6) is 5.75 Å². The van der Waals surface area contributed by atoms with Gasteiger partial charge >= 0.3 is 0 Å². The molecule has 1 fully saturated rings. The highest BCUT2D eigenvalue weighted by Gasteiger charge is 2.16. The summed E-state index contributed by atoms with van der Waals surface area (Å²) in [6.07, 6.45) is 8.22. The molecule has 1 aliphatic rings.